The van der Waals surface area contributed by atoms with Crippen LogP contribution in [0.3, 0.4) is 0 Å². The van der Waals surface area contributed by atoms with Crippen LogP contribution in [-0.4, -0.2) is 166 Å². The molecule has 0 aromatic rings. The fourth-order valence-electron chi connectivity index (χ4n) is 3.00. The van der Waals surface area contributed by atoms with Crippen molar-refractivity contribution in [2.24, 2.45) is 0 Å². The number of aldehydes is 1. The Hall–Kier alpha value is -1.75. The normalized spacial score (nSPS) is 29.0. The monoisotopic (exact) mass is 616 g/mol. The minimum absolute atomic E-state index is 0.0197. The summed E-state index contributed by atoms with van der Waals surface area (Å²) >= 11 is 0. The number of Topliss-reactive ketones (excluding diaryl/α,β-unsaturated/α-hetero) is 1. The van der Waals surface area contributed by atoms with Crippen LogP contribution in [0.4, 0.5) is 0 Å². The summed E-state index contributed by atoms with van der Waals surface area (Å²) in [6.07, 6.45) is -0.778. The number of aliphatic hydroxyl groups is 2. The third-order valence-electron chi connectivity index (χ3n) is 5.16. The number of ketones is 1. The summed E-state index contributed by atoms with van der Waals surface area (Å²) in [6.45, 7) is 4.88. The average Bonchev–Trinajstić information content (AvgIpc) is 3.87. The molecular formula is C24H40O18. The standard InChI is InChI=1S/C8H12O6.C4H8O3.C4H6O3.C4H8O3.C4H6O3/c9-8(7-3-11-5-14-7)12-2-6-1-10-4-13-6;2*5-4-1-6-3-7-2-4;2*5-1-4-2-6-3-7-4/h6-7H,1-5H2;4-5H,1-3H2;1-3H2;4-5H,1-3H2;1,4H,2-3H2. The van der Waals surface area contributed by atoms with Crippen molar-refractivity contribution in [3.8, 4) is 0 Å². The Bertz CT molecular complexity index is 688. The fourth-order valence-corrected chi connectivity index (χ4v) is 3.00. The number of esters is 1. The maximum atomic E-state index is 11.3. The largest absolute Gasteiger partial charge is 0.461 e. The zero-order valence-corrected chi connectivity index (χ0v) is 23.2. The van der Waals surface area contributed by atoms with Crippen molar-refractivity contribution in [2.75, 3.05) is 107 Å². The van der Waals surface area contributed by atoms with Gasteiger partial charge in [-0.15, -0.1) is 0 Å². The molecule has 42 heavy (non-hydrogen) atoms. The molecule has 6 aliphatic heterocycles. The molecule has 6 aliphatic rings. The number of hydrogen-bond donors (Lipinski definition) is 2. The molecule has 6 rings (SSSR count). The maximum Gasteiger partial charge on any atom is 0.337 e. The highest BCUT2D eigenvalue weighted by Gasteiger charge is 2.27. The summed E-state index contributed by atoms with van der Waals surface area (Å²) in [5.41, 5.74) is 0. The van der Waals surface area contributed by atoms with E-state index in [4.69, 9.17) is 62.3 Å². The van der Waals surface area contributed by atoms with Gasteiger partial charge in [-0.25, -0.2) is 4.79 Å². The van der Waals surface area contributed by atoms with E-state index in [0.717, 1.165) is 6.29 Å². The van der Waals surface area contributed by atoms with Crippen molar-refractivity contribution < 1.29 is 86.2 Å². The lowest BCUT2D eigenvalue weighted by Gasteiger charge is -2.16. The van der Waals surface area contributed by atoms with Gasteiger partial charge in [0.05, 0.1) is 46.2 Å². The fraction of sp³-hybridized carbons (Fsp3) is 0.875. The van der Waals surface area contributed by atoms with Gasteiger partial charge in [0, 0.05) is 0 Å². The van der Waals surface area contributed by atoms with Gasteiger partial charge in [0.1, 0.15) is 85.0 Å². The van der Waals surface area contributed by atoms with Crippen molar-refractivity contribution in [3.05, 3.63) is 0 Å². The SMILES string of the molecule is O=C(OCC1COCO1)C1COCO1.O=C1COCOC1.O=CC1COCO1.OC1COCOC1.OCC1COCO1. The Morgan fingerprint density at radius 1 is 0.714 bits per heavy atom. The number of ether oxygens (including phenoxy) is 13. The van der Waals surface area contributed by atoms with Crippen LogP contribution in [0.5, 0.6) is 0 Å². The van der Waals surface area contributed by atoms with E-state index in [1.807, 2.05) is 0 Å². The molecule has 18 heteroatoms. The van der Waals surface area contributed by atoms with Crippen molar-refractivity contribution >= 4 is 18.0 Å². The summed E-state index contributed by atoms with van der Waals surface area (Å²) in [4.78, 5) is 31.3. The summed E-state index contributed by atoms with van der Waals surface area (Å²) in [5, 5.41) is 17.0. The third-order valence-corrected chi connectivity index (χ3v) is 5.16. The second-order valence-corrected chi connectivity index (χ2v) is 8.71. The van der Waals surface area contributed by atoms with Crippen LogP contribution in [0.2, 0.25) is 0 Å². The molecule has 244 valence electrons. The Balaban J connectivity index is 0.000000191. The number of carbonyl (C=O) groups is 3. The summed E-state index contributed by atoms with van der Waals surface area (Å²) in [5.74, 6) is -0.385. The van der Waals surface area contributed by atoms with Crippen LogP contribution >= 0.6 is 0 Å². The van der Waals surface area contributed by atoms with E-state index in [2.05, 4.69) is 9.47 Å². The van der Waals surface area contributed by atoms with Crippen molar-refractivity contribution in [1.29, 1.82) is 0 Å². The topological polar surface area (TPSA) is 212 Å². The molecule has 4 unspecified atom stereocenters. The van der Waals surface area contributed by atoms with E-state index in [0.29, 0.717) is 46.6 Å². The Kier molecular flexibility index (Phi) is 20.5. The van der Waals surface area contributed by atoms with E-state index in [-0.39, 0.29) is 84.3 Å². The van der Waals surface area contributed by atoms with E-state index >= 15 is 0 Å². The van der Waals surface area contributed by atoms with Gasteiger partial charge in [-0.05, 0) is 0 Å². The highest BCUT2D eigenvalue weighted by molar-refractivity contribution is 5.81. The summed E-state index contributed by atoms with van der Waals surface area (Å²) in [6, 6.07) is 0. The van der Waals surface area contributed by atoms with Crippen LogP contribution in [-0.2, 0) is 76.0 Å². The van der Waals surface area contributed by atoms with Crippen LogP contribution < -0.4 is 0 Å². The van der Waals surface area contributed by atoms with Gasteiger partial charge in [0.2, 0.25) is 0 Å². The third kappa shape index (κ3) is 17.4. The molecule has 0 bridgehead atoms. The maximum absolute atomic E-state index is 11.3. The molecule has 0 aliphatic carbocycles. The van der Waals surface area contributed by atoms with Crippen molar-refractivity contribution in [1.82, 2.24) is 0 Å². The van der Waals surface area contributed by atoms with E-state index in [1.165, 1.54) is 0 Å². The highest BCUT2D eigenvalue weighted by Crippen LogP contribution is 2.08. The highest BCUT2D eigenvalue weighted by atomic mass is 16.7. The van der Waals surface area contributed by atoms with Crippen LogP contribution in [0, 0.1) is 0 Å². The molecule has 6 fully saturated rings. The zero-order chi connectivity index (χ0) is 30.3. The lowest BCUT2D eigenvalue weighted by atomic mass is 10.4. The first kappa shape index (κ1) is 36.4. The molecule has 18 nitrogen and oxygen atoms in total. The Morgan fingerprint density at radius 2 is 1.26 bits per heavy atom. The molecule has 2 N–H and O–H groups in total. The molecule has 0 spiro atoms. The number of carbonyl (C=O) groups excluding carboxylic acids is 3. The van der Waals surface area contributed by atoms with Crippen LogP contribution in [0.15, 0.2) is 0 Å². The predicted octanol–water partition coefficient (Wildman–Crippen LogP) is -2.90. The lowest BCUT2D eigenvalue weighted by Crippen LogP contribution is -2.29. The zero-order valence-electron chi connectivity index (χ0n) is 23.2. The number of rotatable bonds is 5. The molecule has 0 radical (unpaired) electrons. The number of hydrogen-bond acceptors (Lipinski definition) is 18. The van der Waals surface area contributed by atoms with Gasteiger partial charge < -0.3 is 76.6 Å². The van der Waals surface area contributed by atoms with Crippen LogP contribution in [0.25, 0.3) is 0 Å². The quantitative estimate of drug-likeness (QED) is 0.234. The summed E-state index contributed by atoms with van der Waals surface area (Å²) < 4.78 is 62.5. The minimum Gasteiger partial charge on any atom is -0.461 e. The second kappa shape index (κ2) is 23.7. The van der Waals surface area contributed by atoms with Gasteiger partial charge in [0.15, 0.2) is 18.2 Å². The van der Waals surface area contributed by atoms with E-state index in [9.17, 15) is 14.4 Å². The lowest BCUT2D eigenvalue weighted by molar-refractivity contribution is -0.156. The first-order valence-electron chi connectivity index (χ1n) is 13.0. The average molecular weight is 617 g/mol. The van der Waals surface area contributed by atoms with Crippen LogP contribution in [0.1, 0.15) is 0 Å². The first-order valence-corrected chi connectivity index (χ1v) is 13.0. The smallest absolute Gasteiger partial charge is 0.337 e. The van der Waals surface area contributed by atoms with E-state index in [1.54, 1.807) is 0 Å². The molecule has 0 aromatic heterocycles. The molecule has 0 amide bonds. The predicted molar refractivity (Wildman–Crippen MR) is 131 cm³/mol. The van der Waals surface area contributed by atoms with Gasteiger partial charge in [-0.1, -0.05) is 0 Å². The van der Waals surface area contributed by atoms with E-state index < -0.39 is 18.2 Å². The second-order valence-electron chi connectivity index (χ2n) is 8.71. The first-order chi connectivity index (χ1) is 20.5. The van der Waals surface area contributed by atoms with Crippen molar-refractivity contribution in [2.45, 2.75) is 30.5 Å². The minimum atomic E-state index is -0.586. The molecule has 6 saturated heterocycles. The molecule has 0 aromatic carbocycles. The van der Waals surface area contributed by atoms with Gasteiger partial charge in [0.25, 0.3) is 0 Å². The van der Waals surface area contributed by atoms with Gasteiger partial charge in [-0.3, -0.25) is 4.79 Å². The molecule has 6 heterocycles. The van der Waals surface area contributed by atoms with Gasteiger partial charge >= 0.3 is 5.97 Å². The molecule has 4 atom stereocenters. The van der Waals surface area contributed by atoms with Crippen molar-refractivity contribution in [3.63, 3.8) is 0 Å². The Labute approximate surface area is 242 Å². The molecular weight excluding hydrogens is 576 g/mol. The van der Waals surface area contributed by atoms with Gasteiger partial charge in [-0.2, -0.15) is 0 Å². The summed E-state index contributed by atoms with van der Waals surface area (Å²) in [7, 11) is 0. The molecule has 0 saturated carbocycles. The number of aliphatic hydroxyl groups excluding tert-OH is 2. The Morgan fingerprint density at radius 3 is 1.64 bits per heavy atom.